The first-order valence-corrected chi connectivity index (χ1v) is 6.48. The highest BCUT2D eigenvalue weighted by Gasteiger charge is 2.14. The van der Waals surface area contributed by atoms with E-state index in [1.807, 2.05) is 12.1 Å². The molecule has 0 aliphatic carbocycles. The smallest absolute Gasteiger partial charge is 0.165 e. The van der Waals surface area contributed by atoms with Crippen LogP contribution in [-0.2, 0) is 6.54 Å². The Balaban J connectivity index is 2.12. The molecular formula is C14H22N2O2. The number of ether oxygens (including phenoxy) is 2. The van der Waals surface area contributed by atoms with Crippen molar-refractivity contribution in [3.8, 4) is 11.5 Å². The standard InChI is InChI=1S/C14H22N2O2/c1-17-13-6-3-5-12(14(13)18-2)11-16-9-4-7-15-8-10-16/h3,5-6,15H,4,7-11H2,1-2H3. The van der Waals surface area contributed by atoms with E-state index in [1.54, 1.807) is 14.2 Å². The molecule has 1 aliphatic heterocycles. The van der Waals surface area contributed by atoms with Gasteiger partial charge in [-0.15, -0.1) is 0 Å². The van der Waals surface area contributed by atoms with E-state index in [1.165, 1.54) is 12.0 Å². The average Bonchev–Trinajstić information content (AvgIpc) is 2.67. The molecule has 2 rings (SSSR count). The first-order valence-electron chi connectivity index (χ1n) is 6.48. The number of nitrogens with zero attached hydrogens (tertiary/aromatic N) is 1. The molecule has 1 aliphatic rings. The molecule has 1 aromatic rings. The van der Waals surface area contributed by atoms with Crippen molar-refractivity contribution < 1.29 is 9.47 Å². The van der Waals surface area contributed by atoms with Crippen LogP contribution in [0.5, 0.6) is 11.5 Å². The molecule has 0 radical (unpaired) electrons. The van der Waals surface area contributed by atoms with Crippen LogP contribution in [0.25, 0.3) is 0 Å². The van der Waals surface area contributed by atoms with E-state index in [2.05, 4.69) is 16.3 Å². The molecular weight excluding hydrogens is 228 g/mol. The lowest BCUT2D eigenvalue weighted by atomic mass is 10.1. The van der Waals surface area contributed by atoms with Crippen LogP contribution in [0.15, 0.2) is 18.2 Å². The van der Waals surface area contributed by atoms with Crippen LogP contribution in [0.4, 0.5) is 0 Å². The number of rotatable bonds is 4. The fourth-order valence-corrected chi connectivity index (χ4v) is 2.38. The molecule has 1 fully saturated rings. The molecule has 4 nitrogen and oxygen atoms in total. The molecule has 1 N–H and O–H groups in total. The highest BCUT2D eigenvalue weighted by atomic mass is 16.5. The Labute approximate surface area is 109 Å². The van der Waals surface area contributed by atoms with Crippen LogP contribution in [0, 0.1) is 0 Å². The zero-order chi connectivity index (χ0) is 12.8. The van der Waals surface area contributed by atoms with Gasteiger partial charge in [-0.1, -0.05) is 12.1 Å². The first kappa shape index (κ1) is 13.2. The van der Waals surface area contributed by atoms with Crippen molar-refractivity contribution in [2.75, 3.05) is 40.4 Å². The van der Waals surface area contributed by atoms with Gasteiger partial charge in [-0.3, -0.25) is 4.90 Å². The van der Waals surface area contributed by atoms with E-state index in [-0.39, 0.29) is 0 Å². The van der Waals surface area contributed by atoms with Gasteiger partial charge < -0.3 is 14.8 Å². The molecule has 1 heterocycles. The molecule has 0 unspecified atom stereocenters. The summed E-state index contributed by atoms with van der Waals surface area (Å²) in [7, 11) is 3.38. The van der Waals surface area contributed by atoms with Crippen molar-refractivity contribution in [3.05, 3.63) is 23.8 Å². The van der Waals surface area contributed by atoms with Gasteiger partial charge in [0.05, 0.1) is 14.2 Å². The summed E-state index contributed by atoms with van der Waals surface area (Å²) in [6.07, 6.45) is 1.20. The van der Waals surface area contributed by atoms with Gasteiger partial charge in [-0.25, -0.2) is 0 Å². The third-order valence-corrected chi connectivity index (χ3v) is 3.31. The third-order valence-electron chi connectivity index (χ3n) is 3.31. The molecule has 0 saturated carbocycles. The van der Waals surface area contributed by atoms with Crippen molar-refractivity contribution in [1.82, 2.24) is 10.2 Å². The zero-order valence-corrected chi connectivity index (χ0v) is 11.2. The maximum absolute atomic E-state index is 5.47. The van der Waals surface area contributed by atoms with E-state index < -0.39 is 0 Å². The predicted molar refractivity (Wildman–Crippen MR) is 72.3 cm³/mol. The maximum atomic E-state index is 5.47. The molecule has 0 aromatic heterocycles. The van der Waals surface area contributed by atoms with Gasteiger partial charge in [0, 0.05) is 25.2 Å². The van der Waals surface area contributed by atoms with Gasteiger partial charge in [0.2, 0.25) is 0 Å². The summed E-state index contributed by atoms with van der Waals surface area (Å²) in [5.74, 6) is 1.67. The second-order valence-electron chi connectivity index (χ2n) is 4.53. The van der Waals surface area contributed by atoms with Gasteiger partial charge in [-0.05, 0) is 25.6 Å². The minimum Gasteiger partial charge on any atom is -0.493 e. The number of nitrogens with one attached hydrogen (secondary N) is 1. The van der Waals surface area contributed by atoms with Gasteiger partial charge in [0.15, 0.2) is 11.5 Å². The minimum absolute atomic E-state index is 0.808. The lowest BCUT2D eigenvalue weighted by Gasteiger charge is -2.21. The van der Waals surface area contributed by atoms with Crippen molar-refractivity contribution in [3.63, 3.8) is 0 Å². The molecule has 4 heteroatoms. The van der Waals surface area contributed by atoms with E-state index >= 15 is 0 Å². The monoisotopic (exact) mass is 250 g/mol. The Bertz CT molecular complexity index is 374. The minimum atomic E-state index is 0.808. The topological polar surface area (TPSA) is 33.7 Å². The lowest BCUT2D eigenvalue weighted by Crippen LogP contribution is -2.27. The second kappa shape index (κ2) is 6.61. The summed E-state index contributed by atoms with van der Waals surface area (Å²) >= 11 is 0. The summed E-state index contributed by atoms with van der Waals surface area (Å²) < 4.78 is 10.8. The number of benzene rings is 1. The summed E-state index contributed by atoms with van der Waals surface area (Å²) in [5.41, 5.74) is 1.19. The van der Waals surface area contributed by atoms with Gasteiger partial charge in [0.25, 0.3) is 0 Å². The van der Waals surface area contributed by atoms with Gasteiger partial charge >= 0.3 is 0 Å². The fourth-order valence-electron chi connectivity index (χ4n) is 2.38. The first-order chi connectivity index (χ1) is 8.85. The summed E-state index contributed by atoms with van der Waals surface area (Å²) in [6, 6.07) is 6.07. The number of hydrogen-bond donors (Lipinski definition) is 1. The van der Waals surface area contributed by atoms with Crippen molar-refractivity contribution in [2.45, 2.75) is 13.0 Å². The number of methoxy groups -OCH3 is 2. The molecule has 0 amide bonds. The van der Waals surface area contributed by atoms with Crippen LogP contribution < -0.4 is 14.8 Å². The normalized spacial score (nSPS) is 17.2. The largest absolute Gasteiger partial charge is 0.493 e. The molecule has 18 heavy (non-hydrogen) atoms. The zero-order valence-electron chi connectivity index (χ0n) is 11.2. The summed E-state index contributed by atoms with van der Waals surface area (Å²) in [5, 5.41) is 3.42. The summed E-state index contributed by atoms with van der Waals surface area (Å²) in [6.45, 7) is 5.31. The van der Waals surface area contributed by atoms with Crippen LogP contribution in [0.1, 0.15) is 12.0 Å². The van der Waals surface area contributed by atoms with Crippen LogP contribution in [0.2, 0.25) is 0 Å². The molecule has 1 aromatic carbocycles. The Morgan fingerprint density at radius 2 is 2.06 bits per heavy atom. The van der Waals surface area contributed by atoms with Crippen LogP contribution in [0.3, 0.4) is 0 Å². The molecule has 100 valence electrons. The van der Waals surface area contributed by atoms with Crippen LogP contribution >= 0.6 is 0 Å². The molecule has 0 atom stereocenters. The number of hydrogen-bond acceptors (Lipinski definition) is 4. The Morgan fingerprint density at radius 1 is 1.17 bits per heavy atom. The Morgan fingerprint density at radius 3 is 2.83 bits per heavy atom. The van der Waals surface area contributed by atoms with Crippen molar-refractivity contribution >= 4 is 0 Å². The van der Waals surface area contributed by atoms with E-state index in [9.17, 15) is 0 Å². The Hall–Kier alpha value is -1.26. The lowest BCUT2D eigenvalue weighted by molar-refractivity contribution is 0.275. The third kappa shape index (κ3) is 3.15. The fraction of sp³-hybridized carbons (Fsp3) is 0.571. The predicted octanol–water partition coefficient (Wildman–Crippen LogP) is 1.50. The van der Waals surface area contributed by atoms with E-state index in [4.69, 9.17) is 9.47 Å². The molecule has 0 bridgehead atoms. The summed E-state index contributed by atoms with van der Waals surface area (Å²) in [4.78, 5) is 2.46. The van der Waals surface area contributed by atoms with Crippen molar-refractivity contribution in [2.24, 2.45) is 0 Å². The Kier molecular flexibility index (Phi) is 4.84. The maximum Gasteiger partial charge on any atom is 0.165 e. The van der Waals surface area contributed by atoms with Crippen LogP contribution in [-0.4, -0.2) is 45.3 Å². The van der Waals surface area contributed by atoms with E-state index in [0.717, 1.165) is 44.2 Å². The average molecular weight is 250 g/mol. The molecule has 0 spiro atoms. The highest BCUT2D eigenvalue weighted by molar-refractivity contribution is 5.46. The second-order valence-corrected chi connectivity index (χ2v) is 4.53. The van der Waals surface area contributed by atoms with Gasteiger partial charge in [0.1, 0.15) is 0 Å². The molecule has 1 saturated heterocycles. The van der Waals surface area contributed by atoms with Gasteiger partial charge in [-0.2, -0.15) is 0 Å². The highest BCUT2D eigenvalue weighted by Crippen LogP contribution is 2.31. The van der Waals surface area contributed by atoms with E-state index in [0.29, 0.717) is 0 Å². The number of para-hydroxylation sites is 1. The van der Waals surface area contributed by atoms with Crippen molar-refractivity contribution in [1.29, 1.82) is 0 Å². The SMILES string of the molecule is COc1cccc(CN2CCCNCC2)c1OC. The quantitative estimate of drug-likeness (QED) is 0.878.